The molecule has 0 radical (unpaired) electrons. The Balaban J connectivity index is 1.85. The molecule has 0 aliphatic heterocycles. The fraction of sp³-hybridized carbons (Fsp3) is 0.278. The number of hydrogen-bond acceptors (Lipinski definition) is 3. The van der Waals surface area contributed by atoms with E-state index in [1.165, 1.54) is 0 Å². The first kappa shape index (κ1) is 16.0. The van der Waals surface area contributed by atoms with Gasteiger partial charge in [0, 0.05) is 11.7 Å². The van der Waals surface area contributed by atoms with Gasteiger partial charge in [-0.3, -0.25) is 4.79 Å². The minimum atomic E-state index is -0.0444. The highest BCUT2D eigenvalue weighted by atomic mass is 16.5. The molecule has 0 spiro atoms. The molecule has 1 amide bonds. The van der Waals surface area contributed by atoms with Crippen molar-refractivity contribution in [1.82, 2.24) is 5.32 Å². The summed E-state index contributed by atoms with van der Waals surface area (Å²) in [5.41, 5.74) is 0.761. The van der Waals surface area contributed by atoms with Crippen molar-refractivity contribution in [1.29, 1.82) is 0 Å². The molecule has 0 fully saturated rings. The van der Waals surface area contributed by atoms with E-state index < -0.39 is 0 Å². The van der Waals surface area contributed by atoms with Gasteiger partial charge in [0.25, 0.3) is 0 Å². The maximum atomic E-state index is 11.8. The first-order chi connectivity index (χ1) is 10.7. The summed E-state index contributed by atoms with van der Waals surface area (Å²) in [6.45, 7) is 4.46. The van der Waals surface area contributed by atoms with Gasteiger partial charge in [-0.15, -0.1) is 0 Å². The second kappa shape index (κ2) is 8.20. The van der Waals surface area contributed by atoms with Crippen LogP contribution in [0.4, 0.5) is 5.69 Å². The third-order valence-corrected chi connectivity index (χ3v) is 3.34. The van der Waals surface area contributed by atoms with Crippen LogP contribution in [-0.2, 0) is 4.79 Å². The van der Waals surface area contributed by atoms with Crippen LogP contribution in [0.3, 0.4) is 0 Å². The highest BCUT2D eigenvalue weighted by Crippen LogP contribution is 2.22. The predicted octanol–water partition coefficient (Wildman–Crippen LogP) is 3.81. The second-order valence-corrected chi connectivity index (χ2v) is 5.18. The minimum Gasteiger partial charge on any atom is -0.457 e. The lowest BCUT2D eigenvalue weighted by Crippen LogP contribution is -2.33. The number of anilines is 1. The highest BCUT2D eigenvalue weighted by molar-refractivity contribution is 5.92. The Labute approximate surface area is 131 Å². The molecule has 1 unspecified atom stereocenters. The molecule has 0 heterocycles. The van der Waals surface area contributed by atoms with E-state index in [2.05, 4.69) is 24.5 Å². The van der Waals surface area contributed by atoms with Crippen LogP contribution in [0, 0.1) is 0 Å². The fourth-order valence-corrected chi connectivity index (χ4v) is 1.85. The number of para-hydroxylation sites is 1. The van der Waals surface area contributed by atoms with Crippen molar-refractivity contribution < 1.29 is 9.53 Å². The predicted molar refractivity (Wildman–Crippen MR) is 89.3 cm³/mol. The van der Waals surface area contributed by atoms with Crippen molar-refractivity contribution in [2.24, 2.45) is 0 Å². The van der Waals surface area contributed by atoms with Gasteiger partial charge in [0.05, 0.1) is 6.54 Å². The fourth-order valence-electron chi connectivity index (χ4n) is 1.85. The third kappa shape index (κ3) is 5.22. The first-order valence-electron chi connectivity index (χ1n) is 7.53. The molecule has 0 saturated carbocycles. The van der Waals surface area contributed by atoms with Gasteiger partial charge in [-0.05, 0) is 49.7 Å². The Bertz CT molecular complexity index is 582. The van der Waals surface area contributed by atoms with Crippen molar-refractivity contribution in [2.75, 3.05) is 11.9 Å². The molecule has 2 N–H and O–H groups in total. The number of rotatable bonds is 7. The summed E-state index contributed by atoms with van der Waals surface area (Å²) in [4.78, 5) is 11.8. The summed E-state index contributed by atoms with van der Waals surface area (Å²) in [5, 5.41) is 6.02. The van der Waals surface area contributed by atoms with Crippen LogP contribution >= 0.6 is 0 Å². The first-order valence-corrected chi connectivity index (χ1v) is 7.53. The van der Waals surface area contributed by atoms with Gasteiger partial charge in [-0.2, -0.15) is 0 Å². The van der Waals surface area contributed by atoms with E-state index in [1.807, 2.05) is 54.6 Å². The van der Waals surface area contributed by atoms with Crippen LogP contribution < -0.4 is 15.4 Å². The van der Waals surface area contributed by atoms with E-state index in [0.29, 0.717) is 12.6 Å². The Morgan fingerprint density at radius 1 is 1.05 bits per heavy atom. The molecule has 1 atom stereocenters. The summed E-state index contributed by atoms with van der Waals surface area (Å²) in [6.07, 6.45) is 0.999. The summed E-state index contributed by atoms with van der Waals surface area (Å²) < 4.78 is 5.71. The zero-order chi connectivity index (χ0) is 15.8. The van der Waals surface area contributed by atoms with Crippen LogP contribution in [0.2, 0.25) is 0 Å². The van der Waals surface area contributed by atoms with Gasteiger partial charge in [0.15, 0.2) is 0 Å². The average molecular weight is 298 g/mol. The normalized spacial score (nSPS) is 11.7. The maximum Gasteiger partial charge on any atom is 0.238 e. The Morgan fingerprint density at radius 3 is 2.32 bits per heavy atom. The minimum absolute atomic E-state index is 0.0444. The van der Waals surface area contributed by atoms with E-state index in [0.717, 1.165) is 23.6 Å². The maximum absolute atomic E-state index is 11.8. The van der Waals surface area contributed by atoms with E-state index >= 15 is 0 Å². The molecular formula is C18H22N2O2. The number of ether oxygens (including phenoxy) is 1. The van der Waals surface area contributed by atoms with Crippen LogP contribution in [0.15, 0.2) is 54.6 Å². The topological polar surface area (TPSA) is 50.4 Å². The lowest BCUT2D eigenvalue weighted by Gasteiger charge is -2.11. The highest BCUT2D eigenvalue weighted by Gasteiger charge is 2.05. The third-order valence-electron chi connectivity index (χ3n) is 3.34. The lowest BCUT2D eigenvalue weighted by atomic mass is 10.2. The van der Waals surface area contributed by atoms with Crippen LogP contribution in [-0.4, -0.2) is 18.5 Å². The molecule has 0 aliphatic carbocycles. The molecule has 0 aromatic heterocycles. The van der Waals surface area contributed by atoms with Crippen molar-refractivity contribution in [3.8, 4) is 11.5 Å². The van der Waals surface area contributed by atoms with Crippen molar-refractivity contribution in [3.63, 3.8) is 0 Å². The largest absolute Gasteiger partial charge is 0.457 e. The number of carbonyl (C=O) groups excluding carboxylic acids is 1. The van der Waals surface area contributed by atoms with Crippen LogP contribution in [0.25, 0.3) is 0 Å². The summed E-state index contributed by atoms with van der Waals surface area (Å²) in [5.74, 6) is 1.48. The molecule has 4 heteroatoms. The number of nitrogens with one attached hydrogen (secondary N) is 2. The van der Waals surface area contributed by atoms with Crippen molar-refractivity contribution in [3.05, 3.63) is 54.6 Å². The van der Waals surface area contributed by atoms with Crippen molar-refractivity contribution in [2.45, 2.75) is 26.3 Å². The van der Waals surface area contributed by atoms with Crippen molar-refractivity contribution >= 4 is 11.6 Å². The molecule has 0 bridgehead atoms. The Kier molecular flexibility index (Phi) is 5.98. The number of carbonyl (C=O) groups is 1. The smallest absolute Gasteiger partial charge is 0.238 e. The van der Waals surface area contributed by atoms with Crippen LogP contribution in [0.5, 0.6) is 11.5 Å². The van der Waals surface area contributed by atoms with E-state index in [1.54, 1.807) is 0 Å². The summed E-state index contributed by atoms with van der Waals surface area (Å²) >= 11 is 0. The monoisotopic (exact) mass is 298 g/mol. The molecule has 0 saturated heterocycles. The molecule has 2 aromatic carbocycles. The van der Waals surface area contributed by atoms with Gasteiger partial charge in [0.1, 0.15) is 11.5 Å². The molecule has 2 aromatic rings. The molecular weight excluding hydrogens is 276 g/mol. The lowest BCUT2D eigenvalue weighted by molar-refractivity contribution is -0.115. The SMILES string of the molecule is CCC(C)NCC(=O)Nc1ccc(Oc2ccccc2)cc1. The van der Waals surface area contributed by atoms with E-state index in [-0.39, 0.29) is 5.91 Å². The number of benzene rings is 2. The molecule has 4 nitrogen and oxygen atoms in total. The average Bonchev–Trinajstić information content (AvgIpc) is 2.55. The summed E-state index contributed by atoms with van der Waals surface area (Å²) in [6, 6.07) is 17.3. The van der Waals surface area contributed by atoms with E-state index in [9.17, 15) is 4.79 Å². The second-order valence-electron chi connectivity index (χ2n) is 5.18. The molecule has 22 heavy (non-hydrogen) atoms. The Hall–Kier alpha value is -2.33. The molecule has 116 valence electrons. The van der Waals surface area contributed by atoms with Gasteiger partial charge >= 0.3 is 0 Å². The Morgan fingerprint density at radius 2 is 1.68 bits per heavy atom. The zero-order valence-corrected chi connectivity index (χ0v) is 13.0. The number of amides is 1. The van der Waals surface area contributed by atoms with Gasteiger partial charge in [-0.1, -0.05) is 25.1 Å². The van der Waals surface area contributed by atoms with Gasteiger partial charge in [0.2, 0.25) is 5.91 Å². The van der Waals surface area contributed by atoms with Gasteiger partial charge < -0.3 is 15.4 Å². The van der Waals surface area contributed by atoms with E-state index in [4.69, 9.17) is 4.74 Å². The standard InChI is InChI=1S/C18H22N2O2/c1-3-14(2)19-13-18(21)20-15-9-11-17(12-10-15)22-16-7-5-4-6-8-16/h4-12,14,19H,3,13H2,1-2H3,(H,20,21). The molecule has 0 aliphatic rings. The molecule has 2 rings (SSSR count). The van der Waals surface area contributed by atoms with Gasteiger partial charge in [-0.25, -0.2) is 0 Å². The zero-order valence-electron chi connectivity index (χ0n) is 13.0. The number of hydrogen-bond donors (Lipinski definition) is 2. The quantitative estimate of drug-likeness (QED) is 0.817. The summed E-state index contributed by atoms with van der Waals surface area (Å²) in [7, 11) is 0. The van der Waals surface area contributed by atoms with Crippen LogP contribution in [0.1, 0.15) is 20.3 Å².